The summed E-state index contributed by atoms with van der Waals surface area (Å²) in [4.78, 5) is 12.4. The fourth-order valence-electron chi connectivity index (χ4n) is 2.32. The number of halogens is 2. The summed E-state index contributed by atoms with van der Waals surface area (Å²) >= 11 is 3.20. The minimum absolute atomic E-state index is 0.323. The van der Waals surface area contributed by atoms with Crippen molar-refractivity contribution in [3.63, 3.8) is 0 Å². The molecule has 5 nitrogen and oxygen atoms in total. The molecule has 0 bridgehead atoms. The predicted molar refractivity (Wildman–Crippen MR) is 93.2 cm³/mol. The summed E-state index contributed by atoms with van der Waals surface area (Å²) in [5, 5.41) is 10.8. The normalized spacial score (nSPS) is 10.6. The topological polar surface area (TPSA) is 59.8 Å². The largest absolute Gasteiger partial charge is 0.322 e. The molecule has 1 aromatic heterocycles. The van der Waals surface area contributed by atoms with Crippen LogP contribution in [0, 0.1) is 5.82 Å². The maximum atomic E-state index is 13.1. The molecule has 0 radical (unpaired) electrons. The Morgan fingerprint density at radius 2 is 2.12 bits per heavy atom. The van der Waals surface area contributed by atoms with Gasteiger partial charge in [0, 0.05) is 22.3 Å². The van der Waals surface area contributed by atoms with E-state index in [0.29, 0.717) is 15.7 Å². The maximum Gasteiger partial charge on any atom is 0.256 e. The van der Waals surface area contributed by atoms with Crippen LogP contribution in [-0.4, -0.2) is 20.7 Å². The Morgan fingerprint density at radius 1 is 1.29 bits per heavy atom. The highest BCUT2D eigenvalue weighted by atomic mass is 79.9. The zero-order valence-corrected chi connectivity index (χ0v) is 14.4. The molecule has 3 rings (SSSR count). The molecular weight excluding hydrogens is 375 g/mol. The van der Waals surface area contributed by atoms with Crippen molar-refractivity contribution in [2.45, 2.75) is 13.5 Å². The van der Waals surface area contributed by atoms with Gasteiger partial charge in [-0.05, 0) is 53.2 Å². The summed E-state index contributed by atoms with van der Waals surface area (Å²) in [5.41, 5.74) is 1.84. The Morgan fingerprint density at radius 3 is 2.88 bits per heavy atom. The van der Waals surface area contributed by atoms with E-state index >= 15 is 0 Å². The number of nitrogens with zero attached hydrogens (tertiary/aromatic N) is 3. The number of carbonyl (C=O) groups is 1. The smallest absolute Gasteiger partial charge is 0.256 e. The van der Waals surface area contributed by atoms with Gasteiger partial charge in [0.1, 0.15) is 12.1 Å². The Balaban J connectivity index is 1.86. The molecule has 0 saturated heterocycles. The average molecular weight is 389 g/mol. The van der Waals surface area contributed by atoms with Crippen molar-refractivity contribution in [3.8, 4) is 11.4 Å². The van der Waals surface area contributed by atoms with Crippen molar-refractivity contribution in [3.05, 3.63) is 64.6 Å². The fraction of sp³-hybridized carbons (Fsp3) is 0.118. The number of carbonyl (C=O) groups excluding carboxylic acids is 1. The summed E-state index contributed by atoms with van der Waals surface area (Å²) < 4.78 is 15.5. The predicted octanol–water partition coefficient (Wildman–Crippen LogP) is 4.12. The van der Waals surface area contributed by atoms with Crippen LogP contribution in [0.4, 0.5) is 10.1 Å². The van der Waals surface area contributed by atoms with Gasteiger partial charge < -0.3 is 9.88 Å². The van der Waals surface area contributed by atoms with Gasteiger partial charge in [0.05, 0.1) is 5.56 Å². The first-order chi connectivity index (χ1) is 11.6. The van der Waals surface area contributed by atoms with Crippen molar-refractivity contribution in [2.75, 3.05) is 5.32 Å². The summed E-state index contributed by atoms with van der Waals surface area (Å²) in [6.45, 7) is 2.76. The van der Waals surface area contributed by atoms with Crippen LogP contribution in [0.5, 0.6) is 0 Å². The van der Waals surface area contributed by atoms with Crippen LogP contribution >= 0.6 is 15.9 Å². The van der Waals surface area contributed by atoms with Crippen LogP contribution in [0.1, 0.15) is 17.3 Å². The van der Waals surface area contributed by atoms with Crippen LogP contribution in [0.3, 0.4) is 0 Å². The van der Waals surface area contributed by atoms with E-state index in [1.165, 1.54) is 18.2 Å². The number of aromatic nitrogens is 3. The van der Waals surface area contributed by atoms with E-state index in [-0.39, 0.29) is 5.91 Å². The van der Waals surface area contributed by atoms with Gasteiger partial charge in [-0.3, -0.25) is 4.79 Å². The first-order valence-corrected chi connectivity index (χ1v) is 8.12. The number of anilines is 1. The molecule has 1 N–H and O–H groups in total. The van der Waals surface area contributed by atoms with Crippen molar-refractivity contribution in [2.24, 2.45) is 0 Å². The van der Waals surface area contributed by atoms with Gasteiger partial charge in [-0.2, -0.15) is 0 Å². The molecule has 0 saturated carbocycles. The summed E-state index contributed by atoms with van der Waals surface area (Å²) in [6.07, 6.45) is 1.66. The molecule has 2 aromatic carbocycles. The average Bonchev–Trinajstić information content (AvgIpc) is 3.03. The van der Waals surface area contributed by atoms with Gasteiger partial charge >= 0.3 is 0 Å². The molecule has 0 aliphatic carbocycles. The standard InChI is InChI=1S/C17H14BrFN4O/c1-2-23-10-20-22-16(23)11-4-3-5-13(8-11)21-17(24)14-7-6-12(19)9-15(14)18/h3-10H,2H2,1H3,(H,21,24). The second kappa shape index (κ2) is 6.92. The van der Waals surface area contributed by atoms with E-state index in [0.717, 1.165) is 17.9 Å². The highest BCUT2D eigenvalue weighted by Gasteiger charge is 2.12. The third kappa shape index (κ3) is 3.35. The monoisotopic (exact) mass is 388 g/mol. The lowest BCUT2D eigenvalue weighted by molar-refractivity contribution is 0.102. The van der Waals surface area contributed by atoms with E-state index in [1.54, 1.807) is 12.4 Å². The number of hydrogen-bond donors (Lipinski definition) is 1. The molecule has 122 valence electrons. The lowest BCUT2D eigenvalue weighted by atomic mass is 10.1. The second-order valence-electron chi connectivity index (χ2n) is 5.10. The molecule has 0 atom stereocenters. The van der Waals surface area contributed by atoms with Crippen LogP contribution in [0.2, 0.25) is 0 Å². The number of aryl methyl sites for hydroxylation is 1. The number of amides is 1. The van der Waals surface area contributed by atoms with Crippen molar-refractivity contribution in [1.29, 1.82) is 0 Å². The quantitative estimate of drug-likeness (QED) is 0.731. The Bertz CT molecular complexity index is 894. The van der Waals surface area contributed by atoms with E-state index in [2.05, 4.69) is 31.4 Å². The minimum Gasteiger partial charge on any atom is -0.322 e. The molecule has 1 heterocycles. The molecule has 7 heteroatoms. The van der Waals surface area contributed by atoms with Crippen LogP contribution in [0.15, 0.2) is 53.3 Å². The molecule has 0 fully saturated rings. The summed E-state index contributed by atoms with van der Waals surface area (Å²) in [5.74, 6) is 0.00636. The Hall–Kier alpha value is -2.54. The van der Waals surface area contributed by atoms with E-state index in [9.17, 15) is 9.18 Å². The zero-order valence-electron chi connectivity index (χ0n) is 12.8. The fourth-order valence-corrected chi connectivity index (χ4v) is 2.85. The highest BCUT2D eigenvalue weighted by molar-refractivity contribution is 9.10. The van der Waals surface area contributed by atoms with Gasteiger partial charge in [0.15, 0.2) is 5.82 Å². The number of benzene rings is 2. The molecule has 0 spiro atoms. The molecule has 0 aliphatic rings. The van der Waals surface area contributed by atoms with Gasteiger partial charge in [-0.1, -0.05) is 12.1 Å². The van der Waals surface area contributed by atoms with Gasteiger partial charge in [-0.25, -0.2) is 4.39 Å². The van der Waals surface area contributed by atoms with Gasteiger partial charge in [0.2, 0.25) is 0 Å². The van der Waals surface area contributed by atoms with E-state index in [4.69, 9.17) is 0 Å². The zero-order chi connectivity index (χ0) is 17.1. The second-order valence-corrected chi connectivity index (χ2v) is 5.95. The third-order valence-electron chi connectivity index (χ3n) is 3.51. The van der Waals surface area contributed by atoms with Gasteiger partial charge in [-0.15, -0.1) is 10.2 Å². The first kappa shape index (κ1) is 16.3. The van der Waals surface area contributed by atoms with Crippen molar-refractivity contribution >= 4 is 27.5 Å². The third-order valence-corrected chi connectivity index (χ3v) is 4.17. The summed E-state index contributed by atoms with van der Waals surface area (Å²) in [6, 6.07) is 11.3. The SMILES string of the molecule is CCn1cnnc1-c1cccc(NC(=O)c2ccc(F)cc2Br)c1. The number of rotatable bonds is 4. The highest BCUT2D eigenvalue weighted by Crippen LogP contribution is 2.23. The van der Waals surface area contributed by atoms with E-state index in [1.807, 2.05) is 29.7 Å². The maximum absolute atomic E-state index is 13.1. The van der Waals surface area contributed by atoms with Crippen LogP contribution in [0.25, 0.3) is 11.4 Å². The first-order valence-electron chi connectivity index (χ1n) is 7.33. The van der Waals surface area contributed by atoms with Crippen LogP contribution in [-0.2, 0) is 6.54 Å². The molecule has 24 heavy (non-hydrogen) atoms. The number of hydrogen-bond acceptors (Lipinski definition) is 3. The van der Waals surface area contributed by atoms with Crippen molar-refractivity contribution in [1.82, 2.24) is 14.8 Å². The molecule has 1 amide bonds. The summed E-state index contributed by atoms with van der Waals surface area (Å²) in [7, 11) is 0. The van der Waals surface area contributed by atoms with Crippen LogP contribution < -0.4 is 5.32 Å². The Kier molecular flexibility index (Phi) is 4.71. The van der Waals surface area contributed by atoms with Gasteiger partial charge in [0.25, 0.3) is 5.91 Å². The molecule has 0 unspecified atom stereocenters. The van der Waals surface area contributed by atoms with E-state index < -0.39 is 5.82 Å². The molecule has 0 aliphatic heterocycles. The number of nitrogens with one attached hydrogen (secondary N) is 1. The van der Waals surface area contributed by atoms with Crippen molar-refractivity contribution < 1.29 is 9.18 Å². The molecular formula is C17H14BrFN4O. The lowest BCUT2D eigenvalue weighted by Crippen LogP contribution is -2.12. The Labute approximate surface area is 146 Å². The minimum atomic E-state index is -0.403. The lowest BCUT2D eigenvalue weighted by Gasteiger charge is -2.09. The molecule has 3 aromatic rings.